The van der Waals surface area contributed by atoms with Crippen molar-refractivity contribution < 1.29 is 0 Å². The summed E-state index contributed by atoms with van der Waals surface area (Å²) in [6.45, 7) is 4.35. The van der Waals surface area contributed by atoms with E-state index in [1.165, 1.54) is 5.56 Å². The maximum absolute atomic E-state index is 5.62. The second-order valence-electron chi connectivity index (χ2n) is 3.38. The van der Waals surface area contributed by atoms with E-state index in [0.717, 1.165) is 25.1 Å². The van der Waals surface area contributed by atoms with Gasteiger partial charge in [-0.1, -0.05) is 6.92 Å². The summed E-state index contributed by atoms with van der Waals surface area (Å²) in [4.78, 5) is 0. The lowest BCUT2D eigenvalue weighted by molar-refractivity contribution is 0.477. The van der Waals surface area contributed by atoms with Crippen molar-refractivity contribution in [2.45, 2.75) is 39.2 Å². The fourth-order valence-corrected chi connectivity index (χ4v) is 1.34. The van der Waals surface area contributed by atoms with Crippen LogP contribution < -0.4 is 0 Å². The third-order valence-electron chi connectivity index (χ3n) is 2.30. The van der Waals surface area contributed by atoms with E-state index in [0.29, 0.717) is 6.04 Å². The average molecular weight is 201 g/mol. The van der Waals surface area contributed by atoms with E-state index in [1.807, 2.05) is 10.9 Å². The van der Waals surface area contributed by atoms with Crippen molar-refractivity contribution in [2.24, 2.45) is 0 Å². The first-order valence-corrected chi connectivity index (χ1v) is 5.40. The molecule has 1 atom stereocenters. The summed E-state index contributed by atoms with van der Waals surface area (Å²) in [6.07, 6.45) is 7.27. The fraction of sp³-hybridized carbons (Fsp3) is 0.700. The van der Waals surface area contributed by atoms with Gasteiger partial charge >= 0.3 is 0 Å². The van der Waals surface area contributed by atoms with E-state index in [1.54, 1.807) is 0 Å². The van der Waals surface area contributed by atoms with Gasteiger partial charge in [0, 0.05) is 18.1 Å². The van der Waals surface area contributed by atoms with Crippen molar-refractivity contribution in [3.8, 4) is 0 Å². The van der Waals surface area contributed by atoms with E-state index in [9.17, 15) is 0 Å². The topological polar surface area (TPSA) is 17.8 Å². The summed E-state index contributed by atoms with van der Waals surface area (Å²) < 4.78 is 2.03. The standard InChI is InChI=1S/C10H17ClN2/c1-3-9(2)13-8-10(7-12-13)5-4-6-11/h7-9H,3-6H2,1-2H3. The van der Waals surface area contributed by atoms with Crippen LogP contribution >= 0.6 is 11.6 Å². The first-order chi connectivity index (χ1) is 6.27. The monoisotopic (exact) mass is 200 g/mol. The van der Waals surface area contributed by atoms with Gasteiger partial charge in [-0.25, -0.2) is 0 Å². The Morgan fingerprint density at radius 1 is 1.62 bits per heavy atom. The number of rotatable bonds is 5. The number of nitrogens with zero attached hydrogens (tertiary/aromatic N) is 2. The lowest BCUT2D eigenvalue weighted by Gasteiger charge is -2.07. The summed E-state index contributed by atoms with van der Waals surface area (Å²) in [5, 5.41) is 4.31. The van der Waals surface area contributed by atoms with E-state index >= 15 is 0 Å². The van der Waals surface area contributed by atoms with Gasteiger partial charge in [0.2, 0.25) is 0 Å². The van der Waals surface area contributed by atoms with Crippen molar-refractivity contribution >= 4 is 11.6 Å². The van der Waals surface area contributed by atoms with Crippen molar-refractivity contribution in [1.82, 2.24) is 9.78 Å². The highest BCUT2D eigenvalue weighted by molar-refractivity contribution is 6.17. The molecule has 0 aromatic carbocycles. The highest BCUT2D eigenvalue weighted by Gasteiger charge is 2.03. The molecule has 1 aromatic heterocycles. The van der Waals surface area contributed by atoms with E-state index < -0.39 is 0 Å². The summed E-state index contributed by atoms with van der Waals surface area (Å²) in [5.74, 6) is 0.731. The van der Waals surface area contributed by atoms with Crippen LogP contribution in [0, 0.1) is 0 Å². The van der Waals surface area contributed by atoms with E-state index in [4.69, 9.17) is 11.6 Å². The lowest BCUT2D eigenvalue weighted by Crippen LogP contribution is -2.03. The Labute approximate surface area is 84.9 Å². The second-order valence-corrected chi connectivity index (χ2v) is 3.76. The highest BCUT2D eigenvalue weighted by atomic mass is 35.5. The smallest absolute Gasteiger partial charge is 0.0521 e. The Morgan fingerprint density at radius 2 is 2.38 bits per heavy atom. The molecule has 2 nitrogen and oxygen atoms in total. The zero-order valence-electron chi connectivity index (χ0n) is 8.33. The van der Waals surface area contributed by atoms with Crippen LogP contribution in [0.1, 0.15) is 38.3 Å². The van der Waals surface area contributed by atoms with Gasteiger partial charge in [0.1, 0.15) is 0 Å². The van der Waals surface area contributed by atoms with Crippen LogP contribution in [0.25, 0.3) is 0 Å². The van der Waals surface area contributed by atoms with Crippen molar-refractivity contribution in [3.63, 3.8) is 0 Å². The molecular weight excluding hydrogens is 184 g/mol. The van der Waals surface area contributed by atoms with E-state index in [-0.39, 0.29) is 0 Å². The van der Waals surface area contributed by atoms with Gasteiger partial charge in [0.15, 0.2) is 0 Å². The van der Waals surface area contributed by atoms with Crippen LogP contribution in [0.2, 0.25) is 0 Å². The second kappa shape index (κ2) is 5.28. The molecule has 0 radical (unpaired) electrons. The van der Waals surface area contributed by atoms with Gasteiger partial charge in [-0.3, -0.25) is 4.68 Å². The maximum atomic E-state index is 5.62. The van der Waals surface area contributed by atoms with E-state index in [2.05, 4.69) is 25.1 Å². The molecule has 0 amide bonds. The molecule has 0 bridgehead atoms. The summed E-state index contributed by atoms with van der Waals surface area (Å²) >= 11 is 5.62. The van der Waals surface area contributed by atoms with Crippen molar-refractivity contribution in [2.75, 3.05) is 5.88 Å². The van der Waals surface area contributed by atoms with Gasteiger partial charge in [0.05, 0.1) is 6.20 Å². The molecule has 0 aliphatic carbocycles. The van der Waals surface area contributed by atoms with Crippen LogP contribution in [-0.2, 0) is 6.42 Å². The van der Waals surface area contributed by atoms with Crippen LogP contribution in [-0.4, -0.2) is 15.7 Å². The molecule has 0 N–H and O–H groups in total. The number of hydrogen-bond donors (Lipinski definition) is 0. The molecule has 0 spiro atoms. The summed E-state index contributed by atoms with van der Waals surface area (Å²) in [5.41, 5.74) is 1.29. The minimum Gasteiger partial charge on any atom is -0.270 e. The van der Waals surface area contributed by atoms with Gasteiger partial charge in [-0.15, -0.1) is 11.6 Å². The Kier molecular flexibility index (Phi) is 4.29. The molecule has 74 valence electrons. The summed E-state index contributed by atoms with van der Waals surface area (Å²) in [7, 11) is 0. The molecule has 1 rings (SSSR count). The Hall–Kier alpha value is -0.500. The van der Waals surface area contributed by atoms with Gasteiger partial charge in [-0.05, 0) is 31.7 Å². The molecule has 0 saturated heterocycles. The number of hydrogen-bond acceptors (Lipinski definition) is 1. The number of aryl methyl sites for hydroxylation is 1. The molecule has 1 unspecified atom stereocenters. The maximum Gasteiger partial charge on any atom is 0.0521 e. The largest absolute Gasteiger partial charge is 0.270 e. The molecule has 1 heterocycles. The first kappa shape index (κ1) is 10.6. The quantitative estimate of drug-likeness (QED) is 0.669. The Balaban J connectivity index is 2.53. The van der Waals surface area contributed by atoms with Crippen LogP contribution in [0.4, 0.5) is 0 Å². The van der Waals surface area contributed by atoms with Crippen LogP contribution in [0.5, 0.6) is 0 Å². The molecule has 1 aromatic rings. The SMILES string of the molecule is CCC(C)n1cc(CCCCl)cn1. The Bertz CT molecular complexity index is 245. The average Bonchev–Trinajstić information content (AvgIpc) is 2.62. The molecule has 3 heteroatoms. The minimum absolute atomic E-state index is 0.504. The predicted molar refractivity (Wildman–Crippen MR) is 56.3 cm³/mol. The zero-order chi connectivity index (χ0) is 9.68. The minimum atomic E-state index is 0.504. The zero-order valence-corrected chi connectivity index (χ0v) is 9.09. The Morgan fingerprint density at radius 3 is 3.00 bits per heavy atom. The van der Waals surface area contributed by atoms with Crippen LogP contribution in [0.3, 0.4) is 0 Å². The van der Waals surface area contributed by atoms with Crippen molar-refractivity contribution in [1.29, 1.82) is 0 Å². The molecule has 0 saturated carbocycles. The molecular formula is C10H17ClN2. The summed E-state index contributed by atoms with van der Waals surface area (Å²) in [6, 6.07) is 0.504. The highest BCUT2D eigenvalue weighted by Crippen LogP contribution is 2.10. The fourth-order valence-electron chi connectivity index (χ4n) is 1.21. The van der Waals surface area contributed by atoms with Gasteiger partial charge in [-0.2, -0.15) is 5.10 Å². The predicted octanol–water partition coefficient (Wildman–Crippen LogP) is 3.03. The third kappa shape index (κ3) is 3.03. The van der Waals surface area contributed by atoms with Crippen LogP contribution in [0.15, 0.2) is 12.4 Å². The number of halogens is 1. The van der Waals surface area contributed by atoms with Crippen molar-refractivity contribution in [3.05, 3.63) is 18.0 Å². The third-order valence-corrected chi connectivity index (χ3v) is 2.56. The van der Waals surface area contributed by atoms with Gasteiger partial charge < -0.3 is 0 Å². The number of alkyl halides is 1. The molecule has 0 fully saturated rings. The first-order valence-electron chi connectivity index (χ1n) is 4.87. The lowest BCUT2D eigenvalue weighted by atomic mass is 10.2. The molecule has 13 heavy (non-hydrogen) atoms. The number of aromatic nitrogens is 2. The molecule has 0 aliphatic rings. The molecule has 0 aliphatic heterocycles. The normalized spacial score (nSPS) is 13.2. The van der Waals surface area contributed by atoms with Gasteiger partial charge in [0.25, 0.3) is 0 Å².